The lowest BCUT2D eigenvalue weighted by atomic mass is 10.1. The number of nitrogens with one attached hydrogen (secondary N) is 1. The van der Waals surface area contributed by atoms with Gasteiger partial charge in [-0.15, -0.1) is 0 Å². The zero-order valence-corrected chi connectivity index (χ0v) is 14.9. The average Bonchev–Trinajstić information content (AvgIpc) is 3.09. The summed E-state index contributed by atoms with van der Waals surface area (Å²) in [6, 6.07) is 15.6. The van der Waals surface area contributed by atoms with E-state index in [2.05, 4.69) is 38.4 Å². The Hall–Kier alpha value is -2.66. The quantitative estimate of drug-likeness (QED) is 0.492. The fourth-order valence-corrected chi connectivity index (χ4v) is 3.92. The maximum absolute atomic E-state index is 12.8. The van der Waals surface area contributed by atoms with E-state index in [1.165, 1.54) is 5.56 Å². The third-order valence-corrected chi connectivity index (χ3v) is 5.23. The number of benzene rings is 2. The largest absolute Gasteiger partial charge is 0.384 e. The van der Waals surface area contributed by atoms with Gasteiger partial charge in [0.25, 0.3) is 5.56 Å². The lowest BCUT2D eigenvalue weighted by molar-refractivity contribution is 1.05. The molecular weight excluding hydrogens is 378 g/mol. The molecule has 0 unspecified atom stereocenters. The maximum Gasteiger partial charge on any atom is 0.255 e. The molecule has 4 nitrogen and oxygen atoms in total. The Bertz CT molecular complexity index is 1210. The minimum absolute atomic E-state index is 0.0436. The number of anilines is 1. The highest BCUT2D eigenvalue weighted by molar-refractivity contribution is 9.10. The third-order valence-electron chi connectivity index (χ3n) is 4.74. The van der Waals surface area contributed by atoms with Gasteiger partial charge in [0.1, 0.15) is 0 Å². The molecule has 0 saturated carbocycles. The number of rotatable bonds is 1. The van der Waals surface area contributed by atoms with E-state index in [4.69, 9.17) is 0 Å². The van der Waals surface area contributed by atoms with Crippen LogP contribution in [0.2, 0.25) is 0 Å². The summed E-state index contributed by atoms with van der Waals surface area (Å²) in [6.07, 6.45) is 2.85. The normalized spacial score (nSPS) is 13.2. The van der Waals surface area contributed by atoms with Gasteiger partial charge in [-0.1, -0.05) is 22.0 Å². The van der Waals surface area contributed by atoms with Crippen molar-refractivity contribution in [1.29, 1.82) is 0 Å². The van der Waals surface area contributed by atoms with Gasteiger partial charge in [-0.05, 0) is 48.4 Å². The van der Waals surface area contributed by atoms with Crippen molar-refractivity contribution in [1.82, 2.24) is 9.55 Å². The van der Waals surface area contributed by atoms with Crippen molar-refractivity contribution in [2.24, 2.45) is 0 Å². The van der Waals surface area contributed by atoms with Gasteiger partial charge in [-0.3, -0.25) is 14.3 Å². The summed E-state index contributed by atoms with van der Waals surface area (Å²) in [4.78, 5) is 17.3. The standard InChI is InChI=1S/C20H14BrN3O/c21-14-3-5-17-16(9-14)20-13(11-23-17)2-6-19(25)24(20)15-4-1-12-7-8-22-18(12)10-15/h1-6,9-11,22H,7-8H2. The molecule has 0 atom stereocenters. The van der Waals surface area contributed by atoms with Gasteiger partial charge >= 0.3 is 0 Å². The molecule has 2 aromatic heterocycles. The molecule has 0 spiro atoms. The number of fused-ring (bicyclic) bond motifs is 4. The Labute approximate surface area is 152 Å². The first-order chi connectivity index (χ1) is 12.2. The third kappa shape index (κ3) is 2.27. The molecule has 3 heterocycles. The molecule has 0 bridgehead atoms. The van der Waals surface area contributed by atoms with E-state index in [9.17, 15) is 4.79 Å². The van der Waals surface area contributed by atoms with Crippen LogP contribution in [0.4, 0.5) is 5.69 Å². The van der Waals surface area contributed by atoms with Crippen molar-refractivity contribution in [3.8, 4) is 5.69 Å². The smallest absolute Gasteiger partial charge is 0.255 e. The zero-order valence-electron chi connectivity index (χ0n) is 13.3. The van der Waals surface area contributed by atoms with Crippen molar-refractivity contribution >= 4 is 43.4 Å². The van der Waals surface area contributed by atoms with Gasteiger partial charge in [0, 0.05) is 39.7 Å². The first-order valence-corrected chi connectivity index (χ1v) is 8.97. The predicted octanol–water partition coefficient (Wildman–Crippen LogP) is 4.27. The molecule has 5 heteroatoms. The van der Waals surface area contributed by atoms with Gasteiger partial charge in [0.2, 0.25) is 0 Å². The molecule has 1 aliphatic heterocycles. The van der Waals surface area contributed by atoms with Crippen LogP contribution < -0.4 is 10.9 Å². The SMILES string of the molecule is O=c1ccc2cnc3ccc(Br)cc3c2n1-c1ccc2c(c1)NCC2. The summed E-state index contributed by atoms with van der Waals surface area (Å²) in [7, 11) is 0. The summed E-state index contributed by atoms with van der Waals surface area (Å²) in [5.41, 5.74) is 4.99. The average molecular weight is 392 g/mol. The van der Waals surface area contributed by atoms with E-state index in [-0.39, 0.29) is 5.56 Å². The molecule has 0 aliphatic carbocycles. The topological polar surface area (TPSA) is 46.9 Å². The lowest BCUT2D eigenvalue weighted by Gasteiger charge is -2.14. The highest BCUT2D eigenvalue weighted by Gasteiger charge is 2.14. The van der Waals surface area contributed by atoms with E-state index in [0.717, 1.165) is 50.6 Å². The predicted molar refractivity (Wildman–Crippen MR) is 105 cm³/mol. The fraction of sp³-hybridized carbons (Fsp3) is 0.100. The molecule has 0 fully saturated rings. The Morgan fingerprint density at radius 3 is 2.92 bits per heavy atom. The van der Waals surface area contributed by atoms with Crippen LogP contribution in [0.1, 0.15) is 5.56 Å². The monoisotopic (exact) mass is 391 g/mol. The van der Waals surface area contributed by atoms with Crippen LogP contribution >= 0.6 is 15.9 Å². The minimum Gasteiger partial charge on any atom is -0.384 e. The van der Waals surface area contributed by atoms with Crippen LogP contribution in [0.3, 0.4) is 0 Å². The molecule has 122 valence electrons. The minimum atomic E-state index is -0.0436. The van der Waals surface area contributed by atoms with Crippen LogP contribution in [0.25, 0.3) is 27.5 Å². The summed E-state index contributed by atoms with van der Waals surface area (Å²) < 4.78 is 2.75. The highest BCUT2D eigenvalue weighted by Crippen LogP contribution is 2.29. The van der Waals surface area contributed by atoms with Crippen LogP contribution in [-0.4, -0.2) is 16.1 Å². The number of pyridine rings is 2. The van der Waals surface area contributed by atoms with Gasteiger partial charge in [0.05, 0.1) is 16.7 Å². The first kappa shape index (κ1) is 14.7. The van der Waals surface area contributed by atoms with Crippen molar-refractivity contribution in [2.45, 2.75) is 6.42 Å². The van der Waals surface area contributed by atoms with Crippen molar-refractivity contribution in [3.05, 3.63) is 75.1 Å². The van der Waals surface area contributed by atoms with E-state index < -0.39 is 0 Å². The summed E-state index contributed by atoms with van der Waals surface area (Å²) in [5, 5.41) is 5.29. The van der Waals surface area contributed by atoms with Crippen LogP contribution in [0, 0.1) is 0 Å². The first-order valence-electron chi connectivity index (χ1n) is 8.18. The molecule has 0 amide bonds. The molecule has 5 rings (SSSR count). The highest BCUT2D eigenvalue weighted by atomic mass is 79.9. The van der Waals surface area contributed by atoms with Crippen LogP contribution in [0.15, 0.2) is 64.0 Å². The van der Waals surface area contributed by atoms with Gasteiger partial charge in [-0.25, -0.2) is 0 Å². The molecule has 25 heavy (non-hydrogen) atoms. The van der Waals surface area contributed by atoms with Crippen molar-refractivity contribution in [2.75, 3.05) is 11.9 Å². The van der Waals surface area contributed by atoms with Gasteiger partial charge < -0.3 is 5.32 Å². The van der Waals surface area contributed by atoms with Gasteiger partial charge in [0.15, 0.2) is 0 Å². The Morgan fingerprint density at radius 2 is 2.00 bits per heavy atom. The second-order valence-electron chi connectivity index (χ2n) is 6.25. The van der Waals surface area contributed by atoms with Crippen LogP contribution in [-0.2, 0) is 6.42 Å². The molecule has 1 N–H and O–H groups in total. The Morgan fingerprint density at radius 1 is 1.08 bits per heavy atom. The maximum atomic E-state index is 12.8. The summed E-state index contributed by atoms with van der Waals surface area (Å²) >= 11 is 3.53. The van der Waals surface area contributed by atoms with E-state index >= 15 is 0 Å². The van der Waals surface area contributed by atoms with Gasteiger partial charge in [-0.2, -0.15) is 0 Å². The van der Waals surface area contributed by atoms with Crippen LogP contribution in [0.5, 0.6) is 0 Å². The number of aromatic nitrogens is 2. The lowest BCUT2D eigenvalue weighted by Crippen LogP contribution is -2.17. The summed E-state index contributed by atoms with van der Waals surface area (Å²) in [5.74, 6) is 0. The molecule has 0 saturated heterocycles. The van der Waals surface area contributed by atoms with E-state index in [1.807, 2.05) is 36.5 Å². The second kappa shape index (κ2) is 5.43. The molecule has 0 radical (unpaired) electrons. The molecule has 4 aromatic rings. The number of hydrogen-bond acceptors (Lipinski definition) is 3. The number of nitrogens with zero attached hydrogens (tertiary/aromatic N) is 2. The van der Waals surface area contributed by atoms with E-state index in [1.54, 1.807) is 10.6 Å². The fourth-order valence-electron chi connectivity index (χ4n) is 3.56. The molecular formula is C20H14BrN3O. The molecule has 1 aliphatic rings. The molecule has 2 aromatic carbocycles. The van der Waals surface area contributed by atoms with Crippen molar-refractivity contribution < 1.29 is 0 Å². The Kier molecular flexibility index (Phi) is 3.18. The Balaban J connectivity index is 1.93. The number of halogens is 1. The second-order valence-corrected chi connectivity index (χ2v) is 7.16. The summed E-state index contributed by atoms with van der Waals surface area (Å²) in [6.45, 7) is 0.947. The van der Waals surface area contributed by atoms with Crippen molar-refractivity contribution in [3.63, 3.8) is 0 Å². The zero-order chi connectivity index (χ0) is 17.0. The number of hydrogen-bond donors (Lipinski definition) is 1. The van der Waals surface area contributed by atoms with E-state index in [0.29, 0.717) is 0 Å².